The number of sulfonamides is 1. The third-order valence-electron chi connectivity index (χ3n) is 3.13. The van der Waals surface area contributed by atoms with Crippen molar-refractivity contribution in [1.29, 1.82) is 0 Å². The summed E-state index contributed by atoms with van der Waals surface area (Å²) in [5.74, 6) is -0.804. The molecule has 0 bridgehead atoms. The van der Waals surface area contributed by atoms with E-state index in [1.54, 1.807) is 26.0 Å². The third-order valence-corrected chi connectivity index (χ3v) is 4.77. The van der Waals surface area contributed by atoms with Gasteiger partial charge < -0.3 is 9.84 Å². The molecule has 0 atom stereocenters. The van der Waals surface area contributed by atoms with Gasteiger partial charge in [-0.3, -0.25) is 0 Å². The number of nitrogens with one attached hydrogen (secondary N) is 1. The first kappa shape index (κ1) is 17.9. The molecule has 0 amide bonds. The number of ether oxygens (including phenoxy) is 1. The lowest BCUT2D eigenvalue weighted by atomic mass is 10.0. The van der Waals surface area contributed by atoms with Crippen molar-refractivity contribution in [3.8, 4) is 17.0 Å². The van der Waals surface area contributed by atoms with Crippen LogP contribution in [-0.2, 0) is 10.0 Å². The van der Waals surface area contributed by atoms with Gasteiger partial charge in [-0.05, 0) is 43.7 Å². The molecule has 128 valence electrons. The van der Waals surface area contributed by atoms with Crippen LogP contribution in [0.3, 0.4) is 0 Å². The van der Waals surface area contributed by atoms with Gasteiger partial charge in [0.1, 0.15) is 0 Å². The number of hydrogen-bond acceptors (Lipinski definition) is 5. The van der Waals surface area contributed by atoms with Crippen molar-refractivity contribution in [3.05, 3.63) is 42.1 Å². The number of nitrogens with zero attached hydrogens (tertiary/aromatic N) is 1. The topological polar surface area (TPSA) is 106 Å². The molecule has 1 heterocycles. The first-order valence-corrected chi connectivity index (χ1v) is 8.62. The van der Waals surface area contributed by atoms with E-state index in [0.717, 1.165) is 6.07 Å². The molecule has 2 N–H and O–H groups in total. The first-order chi connectivity index (χ1) is 11.2. The number of hydrogen-bond donors (Lipinski definition) is 2. The molecular formula is C16H18N2O5S. The van der Waals surface area contributed by atoms with Gasteiger partial charge in [0.2, 0.25) is 15.9 Å². The van der Waals surface area contributed by atoms with Crippen LogP contribution >= 0.6 is 0 Å². The number of carbonyl (C=O) groups is 1. The second-order valence-electron chi connectivity index (χ2n) is 5.42. The van der Waals surface area contributed by atoms with Crippen molar-refractivity contribution < 1.29 is 23.1 Å². The average Bonchev–Trinajstić information content (AvgIpc) is 2.53. The molecule has 2 rings (SSSR count). The molecule has 0 aliphatic carbocycles. The van der Waals surface area contributed by atoms with Crippen molar-refractivity contribution in [1.82, 2.24) is 9.71 Å². The summed E-state index contributed by atoms with van der Waals surface area (Å²) in [7, 11) is -2.34. The van der Waals surface area contributed by atoms with Gasteiger partial charge in [0.05, 0.1) is 17.6 Å². The molecule has 0 unspecified atom stereocenters. The van der Waals surface area contributed by atoms with Crippen LogP contribution in [0.4, 0.5) is 0 Å². The van der Waals surface area contributed by atoms with E-state index in [4.69, 9.17) is 4.74 Å². The highest BCUT2D eigenvalue weighted by Gasteiger charge is 2.19. The summed E-state index contributed by atoms with van der Waals surface area (Å²) in [5.41, 5.74) is 0.904. The zero-order valence-corrected chi connectivity index (χ0v) is 14.3. The number of aromatic nitrogens is 1. The predicted molar refractivity (Wildman–Crippen MR) is 88.6 cm³/mol. The first-order valence-electron chi connectivity index (χ1n) is 7.14. The summed E-state index contributed by atoms with van der Waals surface area (Å²) >= 11 is 0. The summed E-state index contributed by atoms with van der Waals surface area (Å²) < 4.78 is 32.1. The Hall–Kier alpha value is -2.45. The van der Waals surface area contributed by atoms with Gasteiger partial charge >= 0.3 is 5.97 Å². The fourth-order valence-electron chi connectivity index (χ4n) is 2.09. The highest BCUT2D eigenvalue weighted by Crippen LogP contribution is 2.25. The summed E-state index contributed by atoms with van der Waals surface area (Å²) in [6, 6.07) is 6.94. The van der Waals surface area contributed by atoms with Gasteiger partial charge in [-0.2, -0.15) is 0 Å². The molecule has 1 aromatic carbocycles. The maximum atomic E-state index is 12.4. The Morgan fingerprint density at radius 3 is 2.42 bits per heavy atom. The minimum atomic E-state index is -3.82. The van der Waals surface area contributed by atoms with Crippen LogP contribution in [0.1, 0.15) is 24.2 Å². The Kier molecular flexibility index (Phi) is 5.20. The van der Waals surface area contributed by atoms with Gasteiger partial charge in [0, 0.05) is 23.9 Å². The lowest BCUT2D eigenvalue weighted by Crippen LogP contribution is -2.30. The largest absolute Gasteiger partial charge is 0.481 e. The van der Waals surface area contributed by atoms with Crippen molar-refractivity contribution in [3.63, 3.8) is 0 Å². The van der Waals surface area contributed by atoms with E-state index in [0.29, 0.717) is 17.0 Å². The minimum Gasteiger partial charge on any atom is -0.481 e. The van der Waals surface area contributed by atoms with Crippen molar-refractivity contribution in [2.24, 2.45) is 0 Å². The predicted octanol–water partition coefficient (Wildman–Crippen LogP) is 2.14. The van der Waals surface area contributed by atoms with Crippen LogP contribution in [0.25, 0.3) is 11.1 Å². The van der Waals surface area contributed by atoms with Crippen LogP contribution < -0.4 is 9.46 Å². The molecule has 0 spiro atoms. The summed E-state index contributed by atoms with van der Waals surface area (Å²) in [5, 5.41) is 9.26. The standard InChI is InChI=1S/C16H18N2O5S/c1-10(2)18-24(21,22)14-7-12(6-13(8-14)16(19)20)11-4-5-15(23-3)17-9-11/h4-10,18H,1-3H3,(H,19,20). The zero-order chi connectivity index (χ0) is 17.9. The molecule has 0 aliphatic rings. The molecule has 1 aromatic heterocycles. The quantitative estimate of drug-likeness (QED) is 0.827. The van der Waals surface area contributed by atoms with Crippen LogP contribution in [0.15, 0.2) is 41.4 Å². The molecule has 7 nitrogen and oxygen atoms in total. The Morgan fingerprint density at radius 1 is 1.21 bits per heavy atom. The fourth-order valence-corrected chi connectivity index (χ4v) is 3.42. The summed E-state index contributed by atoms with van der Waals surface area (Å²) in [6.07, 6.45) is 1.49. The Bertz CT molecular complexity index is 845. The van der Waals surface area contributed by atoms with Crippen molar-refractivity contribution in [2.45, 2.75) is 24.8 Å². The van der Waals surface area contributed by atoms with Gasteiger partial charge in [-0.25, -0.2) is 22.9 Å². The number of carboxylic acids is 1. The molecule has 2 aromatic rings. The van der Waals surface area contributed by atoms with Crippen molar-refractivity contribution >= 4 is 16.0 Å². The number of benzene rings is 1. The van der Waals surface area contributed by atoms with E-state index in [-0.39, 0.29) is 16.5 Å². The van der Waals surface area contributed by atoms with Gasteiger partial charge in [-0.1, -0.05) is 0 Å². The maximum absolute atomic E-state index is 12.4. The number of aromatic carboxylic acids is 1. The van der Waals surface area contributed by atoms with E-state index in [1.807, 2.05) is 0 Å². The van der Waals surface area contributed by atoms with Crippen LogP contribution in [0.5, 0.6) is 5.88 Å². The smallest absolute Gasteiger partial charge is 0.335 e. The highest BCUT2D eigenvalue weighted by atomic mass is 32.2. The monoisotopic (exact) mass is 350 g/mol. The molecule has 24 heavy (non-hydrogen) atoms. The van der Waals surface area contributed by atoms with Gasteiger partial charge in [0.25, 0.3) is 0 Å². The Balaban J connectivity index is 2.58. The third kappa shape index (κ3) is 4.09. The van der Waals surface area contributed by atoms with Gasteiger partial charge in [-0.15, -0.1) is 0 Å². The normalized spacial score (nSPS) is 11.5. The van der Waals surface area contributed by atoms with E-state index in [9.17, 15) is 18.3 Å². The summed E-state index contributed by atoms with van der Waals surface area (Å²) in [4.78, 5) is 15.3. The zero-order valence-electron chi connectivity index (χ0n) is 13.5. The van der Waals surface area contributed by atoms with Crippen LogP contribution in [-0.4, -0.2) is 37.6 Å². The van der Waals surface area contributed by atoms with Gasteiger partial charge in [0.15, 0.2) is 0 Å². The average molecular weight is 350 g/mol. The van der Waals surface area contributed by atoms with Crippen molar-refractivity contribution in [2.75, 3.05) is 7.11 Å². The highest BCUT2D eigenvalue weighted by molar-refractivity contribution is 7.89. The van der Waals surface area contributed by atoms with E-state index in [2.05, 4.69) is 9.71 Å². The van der Waals surface area contributed by atoms with Crippen LogP contribution in [0, 0.1) is 0 Å². The maximum Gasteiger partial charge on any atom is 0.335 e. The molecule has 0 fully saturated rings. The molecule has 0 saturated heterocycles. The van der Waals surface area contributed by atoms with E-state index in [1.165, 1.54) is 25.4 Å². The second kappa shape index (κ2) is 6.98. The summed E-state index contributed by atoms with van der Waals surface area (Å²) in [6.45, 7) is 3.37. The SMILES string of the molecule is COc1ccc(-c2cc(C(=O)O)cc(S(=O)(=O)NC(C)C)c2)cn1. The molecule has 0 saturated carbocycles. The lowest BCUT2D eigenvalue weighted by molar-refractivity contribution is 0.0696. The lowest BCUT2D eigenvalue weighted by Gasteiger charge is -2.12. The molecule has 0 radical (unpaired) electrons. The molecule has 8 heteroatoms. The van der Waals surface area contributed by atoms with Crippen LogP contribution in [0.2, 0.25) is 0 Å². The molecular weight excluding hydrogens is 332 g/mol. The Morgan fingerprint density at radius 2 is 1.92 bits per heavy atom. The van der Waals surface area contributed by atoms with E-state index < -0.39 is 16.0 Å². The Labute approximate surface area is 140 Å². The number of pyridine rings is 1. The molecule has 0 aliphatic heterocycles. The number of methoxy groups -OCH3 is 1. The second-order valence-corrected chi connectivity index (χ2v) is 7.13. The number of rotatable bonds is 6. The van der Waals surface area contributed by atoms with E-state index >= 15 is 0 Å². The minimum absolute atomic E-state index is 0.109. The number of carboxylic acid groups (broad SMARTS) is 1. The fraction of sp³-hybridized carbons (Fsp3) is 0.250.